The maximum atomic E-state index is 12.4. The van der Waals surface area contributed by atoms with Gasteiger partial charge in [0.05, 0.1) is 12.3 Å². The van der Waals surface area contributed by atoms with E-state index in [0.717, 1.165) is 34.5 Å². The lowest BCUT2D eigenvalue weighted by Crippen LogP contribution is -2.43. The maximum Gasteiger partial charge on any atom is 0.573 e. The Balaban J connectivity index is 1.15. The summed E-state index contributed by atoms with van der Waals surface area (Å²) in [5, 5.41) is 9.86. The van der Waals surface area contributed by atoms with Crippen LogP contribution in [0.25, 0.3) is 22.6 Å². The van der Waals surface area contributed by atoms with Gasteiger partial charge in [0.1, 0.15) is 23.0 Å². The quantitative estimate of drug-likeness (QED) is 0.151. The predicted molar refractivity (Wildman–Crippen MR) is 161 cm³/mol. The largest absolute Gasteiger partial charge is 0.573 e. The lowest BCUT2D eigenvalue weighted by molar-refractivity contribution is -0.274. The smallest absolute Gasteiger partial charge is 0.493 e. The van der Waals surface area contributed by atoms with E-state index in [-0.39, 0.29) is 12.2 Å². The van der Waals surface area contributed by atoms with Gasteiger partial charge in [-0.05, 0) is 79.1 Å². The van der Waals surface area contributed by atoms with E-state index in [0.29, 0.717) is 36.0 Å². The van der Waals surface area contributed by atoms with Gasteiger partial charge in [-0.25, -0.2) is 9.78 Å². The summed E-state index contributed by atoms with van der Waals surface area (Å²) < 4.78 is 58.6. The van der Waals surface area contributed by atoms with E-state index in [1.165, 1.54) is 19.1 Å². The first-order valence-corrected chi connectivity index (χ1v) is 14.1. The second kappa shape index (κ2) is 13.2. The molecule has 1 atom stereocenters. The molecule has 10 heteroatoms. The molecule has 4 aromatic carbocycles. The molecule has 232 valence electrons. The Hall–Kier alpha value is -5.25. The number of hydrogen-bond donors (Lipinski definition) is 1. The van der Waals surface area contributed by atoms with Crippen molar-refractivity contribution in [2.45, 2.75) is 38.7 Å². The minimum absolute atomic E-state index is 0.00332. The number of halogens is 3. The van der Waals surface area contributed by atoms with Crippen molar-refractivity contribution in [3.8, 4) is 39.8 Å². The van der Waals surface area contributed by atoms with E-state index in [1.807, 2.05) is 49.4 Å². The summed E-state index contributed by atoms with van der Waals surface area (Å²) in [5.74, 6) is 0.274. The fraction of sp³-hybridized carbons (Fsp3) is 0.200. The Bertz CT molecular complexity index is 1720. The van der Waals surface area contributed by atoms with Crippen molar-refractivity contribution in [1.29, 1.82) is 0 Å². The molecule has 0 aliphatic rings. The minimum Gasteiger partial charge on any atom is -0.493 e. The van der Waals surface area contributed by atoms with Gasteiger partial charge in [-0.15, -0.1) is 13.2 Å². The number of hydrogen-bond acceptors (Lipinski definition) is 6. The summed E-state index contributed by atoms with van der Waals surface area (Å²) in [6.07, 6.45) is -4.31. The molecule has 0 saturated heterocycles. The highest BCUT2D eigenvalue weighted by atomic mass is 19.4. The molecule has 0 aliphatic carbocycles. The number of carbonyl (C=O) groups is 1. The van der Waals surface area contributed by atoms with Crippen LogP contribution in [0.3, 0.4) is 0 Å². The van der Waals surface area contributed by atoms with Crippen LogP contribution in [0.2, 0.25) is 0 Å². The van der Waals surface area contributed by atoms with Gasteiger partial charge in [-0.3, -0.25) is 0 Å². The summed E-state index contributed by atoms with van der Waals surface area (Å²) in [4.78, 5) is 16.8. The minimum atomic E-state index is -4.83. The predicted octanol–water partition coefficient (Wildman–Crippen LogP) is 8.30. The number of aromatic nitrogens is 1. The highest BCUT2D eigenvalue weighted by Gasteiger charge is 2.36. The molecule has 0 saturated carbocycles. The number of alkyl halides is 3. The number of aryl methyl sites for hydroxylation is 1. The van der Waals surface area contributed by atoms with Crippen molar-refractivity contribution < 1.29 is 41.7 Å². The Labute approximate surface area is 257 Å². The lowest BCUT2D eigenvalue weighted by atomic mass is 9.96. The monoisotopic (exact) mass is 617 g/mol. The molecule has 0 radical (unpaired) electrons. The average Bonchev–Trinajstić information content (AvgIpc) is 3.39. The second-order valence-electron chi connectivity index (χ2n) is 10.5. The Morgan fingerprint density at radius 3 is 1.93 bits per heavy atom. The van der Waals surface area contributed by atoms with Crippen LogP contribution in [-0.4, -0.2) is 34.6 Å². The van der Waals surface area contributed by atoms with Crippen molar-refractivity contribution in [2.24, 2.45) is 0 Å². The molecule has 1 unspecified atom stereocenters. The van der Waals surface area contributed by atoms with Gasteiger partial charge >= 0.3 is 12.3 Å². The number of carboxylic acid groups (broad SMARTS) is 1. The van der Waals surface area contributed by atoms with Gasteiger partial charge in [0.15, 0.2) is 0 Å². The van der Waals surface area contributed by atoms with Crippen LogP contribution in [0.1, 0.15) is 23.9 Å². The second-order valence-corrected chi connectivity index (χ2v) is 10.5. The Morgan fingerprint density at radius 2 is 1.33 bits per heavy atom. The van der Waals surface area contributed by atoms with Gasteiger partial charge in [0, 0.05) is 18.4 Å². The molecular weight excluding hydrogens is 587 g/mol. The van der Waals surface area contributed by atoms with Crippen molar-refractivity contribution in [3.63, 3.8) is 0 Å². The average molecular weight is 618 g/mol. The molecule has 7 nitrogen and oxygen atoms in total. The SMILES string of the molecule is Cc1oc(-c2ccc(-c3ccccc3)cc2)nc1CCOc1ccc(CC(C)(Oc2ccc(OC(F)(F)F)cc2)C(=O)O)cc1. The summed E-state index contributed by atoms with van der Waals surface area (Å²) in [5.41, 5.74) is 2.90. The molecular formula is C35H30F3NO6. The fourth-order valence-electron chi connectivity index (χ4n) is 4.70. The molecule has 1 aromatic heterocycles. The number of carboxylic acids is 1. The number of nitrogens with zero attached hydrogens (tertiary/aromatic N) is 1. The zero-order valence-electron chi connectivity index (χ0n) is 24.5. The molecule has 1 heterocycles. The normalized spacial score (nSPS) is 12.7. The molecule has 0 aliphatic heterocycles. The topological polar surface area (TPSA) is 91.0 Å². The maximum absolute atomic E-state index is 12.4. The van der Waals surface area contributed by atoms with Crippen molar-refractivity contribution >= 4 is 5.97 Å². The van der Waals surface area contributed by atoms with Crippen LogP contribution in [0.5, 0.6) is 17.2 Å². The molecule has 0 amide bonds. The summed E-state index contributed by atoms with van der Waals surface area (Å²) >= 11 is 0. The number of ether oxygens (including phenoxy) is 3. The van der Waals surface area contributed by atoms with Gasteiger partial charge < -0.3 is 23.7 Å². The van der Waals surface area contributed by atoms with Crippen LogP contribution >= 0.6 is 0 Å². The van der Waals surface area contributed by atoms with E-state index in [9.17, 15) is 23.1 Å². The third kappa shape index (κ3) is 8.23. The van der Waals surface area contributed by atoms with Gasteiger partial charge in [0.25, 0.3) is 0 Å². The van der Waals surface area contributed by atoms with E-state index < -0.39 is 23.7 Å². The van der Waals surface area contributed by atoms with E-state index >= 15 is 0 Å². The third-order valence-corrected chi connectivity index (χ3v) is 7.06. The zero-order valence-corrected chi connectivity index (χ0v) is 24.5. The Kier molecular flexibility index (Phi) is 9.13. The van der Waals surface area contributed by atoms with Gasteiger partial charge in [0.2, 0.25) is 11.5 Å². The molecule has 0 fully saturated rings. The highest BCUT2D eigenvalue weighted by molar-refractivity contribution is 5.78. The van der Waals surface area contributed by atoms with Crippen LogP contribution < -0.4 is 14.2 Å². The molecule has 5 rings (SSSR count). The van der Waals surface area contributed by atoms with Crippen LogP contribution in [0, 0.1) is 6.92 Å². The van der Waals surface area contributed by atoms with Gasteiger partial charge in [-0.1, -0.05) is 54.6 Å². The first-order valence-electron chi connectivity index (χ1n) is 14.1. The van der Waals surface area contributed by atoms with Crippen molar-refractivity contribution in [3.05, 3.63) is 120 Å². The summed E-state index contributed by atoms with van der Waals surface area (Å²) in [6, 6.07) is 29.6. The molecule has 0 bridgehead atoms. The van der Waals surface area contributed by atoms with E-state index in [1.54, 1.807) is 24.3 Å². The van der Waals surface area contributed by atoms with Gasteiger partial charge in [-0.2, -0.15) is 0 Å². The standard InChI is InChI=1S/C35H30F3NO6/c1-23-31(39-32(43-23)27-12-10-26(11-13-27)25-6-4-3-5-7-25)20-21-42-28-14-8-24(9-15-28)22-34(2,33(40)41)44-29-16-18-30(19-17-29)45-35(36,37)38/h3-19H,20-22H2,1-2H3,(H,40,41). The molecule has 45 heavy (non-hydrogen) atoms. The van der Waals surface area contributed by atoms with E-state index in [2.05, 4.69) is 21.9 Å². The molecule has 1 N–H and O–H groups in total. The van der Waals surface area contributed by atoms with Crippen molar-refractivity contribution in [1.82, 2.24) is 4.98 Å². The number of oxazole rings is 1. The zero-order chi connectivity index (χ0) is 32.0. The van der Waals surface area contributed by atoms with Crippen LogP contribution in [0.15, 0.2) is 108 Å². The fourth-order valence-corrected chi connectivity index (χ4v) is 4.70. The third-order valence-electron chi connectivity index (χ3n) is 7.06. The van der Waals surface area contributed by atoms with Crippen LogP contribution in [0.4, 0.5) is 13.2 Å². The van der Waals surface area contributed by atoms with Crippen molar-refractivity contribution in [2.75, 3.05) is 6.61 Å². The highest BCUT2D eigenvalue weighted by Crippen LogP contribution is 2.29. The number of benzene rings is 4. The summed E-state index contributed by atoms with van der Waals surface area (Å²) in [7, 11) is 0. The lowest BCUT2D eigenvalue weighted by Gasteiger charge is -2.26. The molecule has 5 aromatic rings. The van der Waals surface area contributed by atoms with E-state index in [4.69, 9.17) is 13.9 Å². The van der Waals surface area contributed by atoms with Crippen LogP contribution in [-0.2, 0) is 17.6 Å². The first-order chi connectivity index (χ1) is 21.5. The Morgan fingerprint density at radius 1 is 0.778 bits per heavy atom. The molecule has 0 spiro atoms. The summed E-state index contributed by atoms with van der Waals surface area (Å²) in [6.45, 7) is 3.61. The number of aliphatic carboxylic acids is 1. The first kappa shape index (κ1) is 31.2. The number of rotatable bonds is 12.